The molecular formula is C27H28ClNO6. The Balaban J connectivity index is 1.56. The lowest BCUT2D eigenvalue weighted by Crippen LogP contribution is -2.55. The van der Waals surface area contributed by atoms with Crippen LogP contribution in [-0.4, -0.2) is 64.3 Å². The predicted molar refractivity (Wildman–Crippen MR) is 133 cm³/mol. The summed E-state index contributed by atoms with van der Waals surface area (Å²) in [5.41, 5.74) is 4.98. The monoisotopic (exact) mass is 497 g/mol. The van der Waals surface area contributed by atoms with Crippen LogP contribution in [0.5, 0.6) is 0 Å². The zero-order chi connectivity index (χ0) is 24.9. The van der Waals surface area contributed by atoms with E-state index in [0.29, 0.717) is 17.0 Å². The molecule has 0 aliphatic carbocycles. The van der Waals surface area contributed by atoms with Gasteiger partial charge in [-0.25, -0.2) is 0 Å². The number of hydrogen-bond donors (Lipinski definition) is 4. The zero-order valence-corrected chi connectivity index (χ0v) is 19.9. The van der Waals surface area contributed by atoms with Gasteiger partial charge in [-0.3, -0.25) is 0 Å². The SMILES string of the molecule is CON=C(c1ccccc1)c1ccc(Cc2cc(C3OC(CO)C(O)C(O)C3O)ccc2Cl)cc1. The van der Waals surface area contributed by atoms with Crippen LogP contribution in [0.15, 0.2) is 78.0 Å². The van der Waals surface area contributed by atoms with Gasteiger partial charge in [0.2, 0.25) is 0 Å². The van der Waals surface area contributed by atoms with E-state index in [2.05, 4.69) is 5.16 Å². The molecule has 1 heterocycles. The molecular weight excluding hydrogens is 470 g/mol. The van der Waals surface area contributed by atoms with Gasteiger partial charge < -0.3 is 30.0 Å². The van der Waals surface area contributed by atoms with Crippen molar-refractivity contribution in [3.05, 3.63) is 106 Å². The summed E-state index contributed by atoms with van der Waals surface area (Å²) in [6.45, 7) is -0.481. The van der Waals surface area contributed by atoms with E-state index in [1.54, 1.807) is 12.1 Å². The summed E-state index contributed by atoms with van der Waals surface area (Å²) < 4.78 is 5.69. The Hall–Kier alpha value is -2.78. The average molecular weight is 498 g/mol. The first-order chi connectivity index (χ1) is 16.9. The highest BCUT2D eigenvalue weighted by atomic mass is 35.5. The van der Waals surface area contributed by atoms with E-state index in [1.807, 2.05) is 60.7 Å². The van der Waals surface area contributed by atoms with Crippen LogP contribution in [0, 0.1) is 0 Å². The largest absolute Gasteiger partial charge is 0.399 e. The standard InChI is InChI=1S/C27H28ClNO6/c1-34-29-23(17-5-3-2-4-6-17)18-9-7-16(8-10-18)13-20-14-19(11-12-21(20)28)27-26(33)25(32)24(31)22(15-30)35-27/h2-12,14,22,24-27,30-33H,13,15H2,1H3. The molecule has 35 heavy (non-hydrogen) atoms. The van der Waals surface area contributed by atoms with Gasteiger partial charge in [0.25, 0.3) is 0 Å². The second kappa shape index (κ2) is 11.3. The van der Waals surface area contributed by atoms with Gasteiger partial charge >= 0.3 is 0 Å². The molecule has 1 aliphatic rings. The van der Waals surface area contributed by atoms with E-state index in [9.17, 15) is 20.4 Å². The van der Waals surface area contributed by atoms with Crippen molar-refractivity contribution >= 4 is 17.3 Å². The predicted octanol–water partition coefficient (Wildman–Crippen LogP) is 2.84. The Labute approximate surface area is 208 Å². The fourth-order valence-electron chi connectivity index (χ4n) is 4.24. The first-order valence-corrected chi connectivity index (χ1v) is 11.7. The van der Waals surface area contributed by atoms with Gasteiger partial charge in [-0.1, -0.05) is 83.5 Å². The van der Waals surface area contributed by atoms with Gasteiger partial charge in [0.05, 0.1) is 6.61 Å². The summed E-state index contributed by atoms with van der Waals surface area (Å²) in [5, 5.41) is 44.9. The molecule has 3 aromatic carbocycles. The Morgan fingerprint density at radius 3 is 2.26 bits per heavy atom. The van der Waals surface area contributed by atoms with Gasteiger partial charge in [-0.2, -0.15) is 0 Å². The van der Waals surface area contributed by atoms with Crippen LogP contribution >= 0.6 is 11.6 Å². The lowest BCUT2D eigenvalue weighted by atomic mass is 9.90. The maximum absolute atomic E-state index is 10.5. The normalized spacial score (nSPS) is 24.9. The third kappa shape index (κ3) is 5.56. The highest BCUT2D eigenvalue weighted by molar-refractivity contribution is 6.31. The summed E-state index contributed by atoms with van der Waals surface area (Å²) in [4.78, 5) is 5.05. The van der Waals surface area contributed by atoms with E-state index >= 15 is 0 Å². The van der Waals surface area contributed by atoms with Gasteiger partial charge in [-0.05, 0) is 29.2 Å². The minimum absolute atomic E-state index is 0.481. The maximum Gasteiger partial charge on any atom is 0.117 e. The Kier molecular flexibility index (Phi) is 8.18. The number of rotatable bonds is 7. The molecule has 1 fully saturated rings. The number of halogens is 1. The summed E-state index contributed by atoms with van der Waals surface area (Å²) in [6, 6.07) is 22.9. The topological polar surface area (TPSA) is 112 Å². The number of oxime groups is 1. The number of ether oxygens (including phenoxy) is 1. The first-order valence-electron chi connectivity index (χ1n) is 11.3. The van der Waals surface area contributed by atoms with Crippen molar-refractivity contribution < 1.29 is 30.0 Å². The molecule has 0 aromatic heterocycles. The van der Waals surface area contributed by atoms with Crippen molar-refractivity contribution in [3.8, 4) is 0 Å². The zero-order valence-electron chi connectivity index (χ0n) is 19.2. The molecule has 184 valence electrons. The summed E-state index contributed by atoms with van der Waals surface area (Å²) in [6.07, 6.45) is -5.56. The van der Waals surface area contributed by atoms with E-state index in [-0.39, 0.29) is 0 Å². The minimum Gasteiger partial charge on any atom is -0.399 e. The van der Waals surface area contributed by atoms with Gasteiger partial charge in [0, 0.05) is 16.1 Å². The molecule has 0 amide bonds. The molecule has 0 radical (unpaired) electrons. The fraction of sp³-hybridized carbons (Fsp3) is 0.296. The van der Waals surface area contributed by atoms with Gasteiger partial charge in [0.15, 0.2) is 0 Å². The molecule has 1 aliphatic heterocycles. The Morgan fingerprint density at radius 1 is 0.914 bits per heavy atom. The lowest BCUT2D eigenvalue weighted by Gasteiger charge is -2.40. The third-order valence-electron chi connectivity index (χ3n) is 6.14. The summed E-state index contributed by atoms with van der Waals surface area (Å²) >= 11 is 6.46. The molecule has 0 saturated carbocycles. The number of benzene rings is 3. The number of aliphatic hydroxyl groups is 4. The Bertz CT molecular complexity index is 1150. The number of aliphatic hydroxyl groups excluding tert-OH is 4. The number of hydrogen-bond acceptors (Lipinski definition) is 7. The molecule has 5 unspecified atom stereocenters. The average Bonchev–Trinajstić information content (AvgIpc) is 2.89. The third-order valence-corrected chi connectivity index (χ3v) is 6.51. The highest BCUT2D eigenvalue weighted by Crippen LogP contribution is 2.34. The highest BCUT2D eigenvalue weighted by Gasteiger charge is 2.44. The first kappa shape index (κ1) is 25.3. The van der Waals surface area contributed by atoms with Crippen molar-refractivity contribution in [2.75, 3.05) is 13.7 Å². The van der Waals surface area contributed by atoms with E-state index in [1.165, 1.54) is 7.11 Å². The molecule has 0 bridgehead atoms. The van der Waals surface area contributed by atoms with Crippen molar-refractivity contribution in [2.45, 2.75) is 36.9 Å². The summed E-state index contributed by atoms with van der Waals surface area (Å²) in [7, 11) is 1.52. The molecule has 4 rings (SSSR count). The minimum atomic E-state index is -1.44. The van der Waals surface area contributed by atoms with Crippen LogP contribution in [0.2, 0.25) is 5.02 Å². The van der Waals surface area contributed by atoms with Crippen LogP contribution in [0.1, 0.15) is 33.9 Å². The van der Waals surface area contributed by atoms with Crippen molar-refractivity contribution in [2.24, 2.45) is 5.16 Å². The van der Waals surface area contributed by atoms with E-state index in [4.69, 9.17) is 21.2 Å². The van der Waals surface area contributed by atoms with Crippen molar-refractivity contribution in [1.82, 2.24) is 0 Å². The van der Waals surface area contributed by atoms with E-state index < -0.39 is 37.1 Å². The quantitative estimate of drug-likeness (QED) is 0.295. The maximum atomic E-state index is 10.5. The van der Waals surface area contributed by atoms with Crippen LogP contribution in [-0.2, 0) is 16.0 Å². The van der Waals surface area contributed by atoms with Crippen LogP contribution in [0.4, 0.5) is 0 Å². The fourth-order valence-corrected chi connectivity index (χ4v) is 4.43. The second-order valence-electron chi connectivity index (χ2n) is 8.46. The molecule has 7 nitrogen and oxygen atoms in total. The molecule has 8 heteroatoms. The second-order valence-corrected chi connectivity index (χ2v) is 8.87. The lowest BCUT2D eigenvalue weighted by molar-refractivity contribution is -0.231. The molecule has 4 N–H and O–H groups in total. The molecule has 5 atom stereocenters. The Morgan fingerprint density at radius 2 is 1.60 bits per heavy atom. The molecule has 0 spiro atoms. The van der Waals surface area contributed by atoms with Crippen molar-refractivity contribution in [3.63, 3.8) is 0 Å². The number of nitrogens with zero attached hydrogens (tertiary/aromatic N) is 1. The summed E-state index contributed by atoms with van der Waals surface area (Å²) in [5.74, 6) is 0. The van der Waals surface area contributed by atoms with Crippen LogP contribution in [0.3, 0.4) is 0 Å². The smallest absolute Gasteiger partial charge is 0.117 e. The van der Waals surface area contributed by atoms with Crippen LogP contribution < -0.4 is 0 Å². The van der Waals surface area contributed by atoms with E-state index in [0.717, 1.165) is 28.0 Å². The van der Waals surface area contributed by atoms with Crippen LogP contribution in [0.25, 0.3) is 0 Å². The molecule has 3 aromatic rings. The molecule has 1 saturated heterocycles. The van der Waals surface area contributed by atoms with Gasteiger partial charge in [0.1, 0.15) is 43.3 Å². The van der Waals surface area contributed by atoms with Crippen molar-refractivity contribution in [1.29, 1.82) is 0 Å². The van der Waals surface area contributed by atoms with Gasteiger partial charge in [-0.15, -0.1) is 0 Å².